The zero-order valence-corrected chi connectivity index (χ0v) is 16.9. The molecule has 9 nitrogen and oxygen atoms in total. The first-order valence-electron chi connectivity index (χ1n) is 8.54. The fourth-order valence-electron chi connectivity index (χ4n) is 2.48. The predicted octanol–water partition coefficient (Wildman–Crippen LogP) is 1.18. The molecule has 1 heterocycles. The van der Waals surface area contributed by atoms with Gasteiger partial charge in [-0.25, -0.2) is 13.6 Å². The summed E-state index contributed by atoms with van der Waals surface area (Å²) >= 11 is 1.04. The van der Waals surface area contributed by atoms with Gasteiger partial charge in [0.15, 0.2) is 5.95 Å². The number of hydrogen-bond donors (Lipinski definition) is 2. The van der Waals surface area contributed by atoms with Gasteiger partial charge >= 0.3 is 0 Å². The molecule has 0 bridgehead atoms. The highest BCUT2D eigenvalue weighted by atomic mass is 32.2. The molecule has 0 saturated carbocycles. The van der Waals surface area contributed by atoms with Gasteiger partial charge in [0.2, 0.25) is 21.6 Å². The second-order valence-corrected chi connectivity index (χ2v) is 8.74. The lowest BCUT2D eigenvalue weighted by Crippen LogP contribution is -2.36. The number of carbonyl (C=O) groups is 1. The Labute approximate surface area is 171 Å². The van der Waals surface area contributed by atoms with Crippen LogP contribution in [0, 0.1) is 0 Å². The van der Waals surface area contributed by atoms with Crippen LogP contribution in [0.2, 0.25) is 0 Å². The molecule has 0 aliphatic heterocycles. The third-order valence-corrected chi connectivity index (χ3v) is 6.26. The molecule has 3 rings (SSSR count). The molecule has 0 radical (unpaired) electrons. The molecule has 1 atom stereocenters. The Bertz CT molecular complexity index is 1100. The smallest absolute Gasteiger partial charge is 0.298 e. The molecule has 3 aromatic rings. The summed E-state index contributed by atoms with van der Waals surface area (Å²) < 4.78 is 28.8. The fourth-order valence-corrected chi connectivity index (χ4v) is 3.97. The summed E-state index contributed by atoms with van der Waals surface area (Å²) in [6.45, 7) is 1.81. The average molecular weight is 434 g/mol. The number of sulfonamides is 1. The number of para-hydroxylation sites is 1. The monoisotopic (exact) mass is 434 g/mol. The van der Waals surface area contributed by atoms with E-state index in [1.54, 1.807) is 24.3 Å². The molecule has 1 amide bonds. The maximum Gasteiger partial charge on any atom is 0.298 e. The maximum absolute atomic E-state index is 12.7. The van der Waals surface area contributed by atoms with E-state index in [1.165, 1.54) is 28.9 Å². The lowest BCUT2D eigenvalue weighted by atomic mass is 10.3. The SMILES string of the molecule is CCC(Sc1c([O-])on[n+]1-c1ccccc1)C(=O)Nc1ccc(S(N)(=O)=O)cc1. The van der Waals surface area contributed by atoms with Crippen molar-refractivity contribution < 1.29 is 27.5 Å². The lowest BCUT2D eigenvalue weighted by molar-refractivity contribution is -0.705. The Hall–Kier alpha value is -2.89. The van der Waals surface area contributed by atoms with Crippen molar-refractivity contribution >= 4 is 33.4 Å². The predicted molar refractivity (Wildman–Crippen MR) is 104 cm³/mol. The van der Waals surface area contributed by atoms with Crippen LogP contribution in [0.1, 0.15) is 13.3 Å². The van der Waals surface area contributed by atoms with Crippen LogP contribution in [0.4, 0.5) is 5.69 Å². The lowest BCUT2D eigenvalue weighted by Gasteiger charge is -2.13. The Balaban J connectivity index is 1.77. The highest BCUT2D eigenvalue weighted by Crippen LogP contribution is 2.30. The third kappa shape index (κ3) is 4.94. The van der Waals surface area contributed by atoms with Crippen molar-refractivity contribution in [2.24, 2.45) is 5.14 Å². The van der Waals surface area contributed by atoms with Gasteiger partial charge in [-0.15, -0.1) is 0 Å². The Morgan fingerprint density at radius 3 is 2.48 bits per heavy atom. The summed E-state index contributed by atoms with van der Waals surface area (Å²) in [6, 6.07) is 14.4. The number of anilines is 1. The van der Waals surface area contributed by atoms with Crippen LogP contribution in [0.3, 0.4) is 0 Å². The number of aromatic nitrogens is 2. The van der Waals surface area contributed by atoms with E-state index >= 15 is 0 Å². The van der Waals surface area contributed by atoms with Gasteiger partial charge in [0.25, 0.3) is 5.03 Å². The van der Waals surface area contributed by atoms with E-state index in [4.69, 9.17) is 9.66 Å². The third-order valence-electron chi connectivity index (χ3n) is 3.94. The van der Waals surface area contributed by atoms with Crippen LogP contribution in [0.5, 0.6) is 5.95 Å². The second-order valence-electron chi connectivity index (χ2n) is 5.99. The van der Waals surface area contributed by atoms with E-state index in [9.17, 15) is 18.3 Å². The summed E-state index contributed by atoms with van der Waals surface area (Å²) in [7, 11) is -3.81. The minimum atomic E-state index is -3.81. The zero-order valence-electron chi connectivity index (χ0n) is 15.3. The number of hydrogen-bond acceptors (Lipinski definition) is 7. The van der Waals surface area contributed by atoms with Gasteiger partial charge in [0, 0.05) is 17.8 Å². The van der Waals surface area contributed by atoms with E-state index in [2.05, 4.69) is 10.6 Å². The second kappa shape index (κ2) is 8.64. The highest BCUT2D eigenvalue weighted by Gasteiger charge is 2.28. The van der Waals surface area contributed by atoms with Crippen LogP contribution in [-0.4, -0.2) is 24.8 Å². The molecular formula is C18H18N4O5S2. The van der Waals surface area contributed by atoms with Gasteiger partial charge < -0.3 is 14.9 Å². The van der Waals surface area contributed by atoms with E-state index in [-0.39, 0.29) is 15.8 Å². The molecular weight excluding hydrogens is 416 g/mol. The van der Waals surface area contributed by atoms with Gasteiger partial charge in [-0.05, 0) is 47.1 Å². The Morgan fingerprint density at radius 1 is 1.24 bits per heavy atom. The summed E-state index contributed by atoms with van der Waals surface area (Å²) in [5.41, 5.74) is 1.04. The van der Waals surface area contributed by atoms with Crippen molar-refractivity contribution in [3.8, 4) is 11.6 Å². The summed E-state index contributed by atoms with van der Waals surface area (Å²) in [4.78, 5) is 12.6. The number of rotatable bonds is 7. The van der Waals surface area contributed by atoms with Crippen LogP contribution in [0.15, 0.2) is 69.0 Å². The highest BCUT2D eigenvalue weighted by molar-refractivity contribution is 8.00. The first kappa shape index (κ1) is 20.8. The number of amides is 1. The van der Waals surface area contributed by atoms with E-state index in [0.29, 0.717) is 17.8 Å². The number of nitrogens with zero attached hydrogens (tertiary/aromatic N) is 2. The summed E-state index contributed by atoms with van der Waals surface area (Å²) in [5, 5.41) is 23.2. The standard InChI is InChI=1S/C18H18N4O5S2/c1-2-15(16(23)20-12-8-10-14(11-9-12)29(19,25)26)28-17-18(24)27-21-22(17)13-6-4-3-5-7-13/h3-11,15H,2H2,1H3,(H3-,19,20,21,23,24,25,26). The molecule has 0 saturated heterocycles. The molecule has 11 heteroatoms. The molecule has 1 aromatic heterocycles. The normalized spacial score (nSPS) is 12.5. The van der Waals surface area contributed by atoms with Crippen LogP contribution in [0.25, 0.3) is 5.69 Å². The van der Waals surface area contributed by atoms with Gasteiger partial charge in [0.05, 0.1) is 15.4 Å². The van der Waals surface area contributed by atoms with Crippen molar-refractivity contribution in [1.82, 2.24) is 5.27 Å². The van der Waals surface area contributed by atoms with Crippen LogP contribution < -0.4 is 20.2 Å². The number of benzene rings is 2. The number of primary sulfonamides is 1. The van der Waals surface area contributed by atoms with Crippen molar-refractivity contribution in [3.63, 3.8) is 0 Å². The first-order chi connectivity index (χ1) is 13.8. The van der Waals surface area contributed by atoms with Gasteiger partial charge in [0.1, 0.15) is 0 Å². The molecule has 1 unspecified atom stereocenters. The topological polar surface area (TPSA) is 142 Å². The molecule has 3 N–H and O–H groups in total. The molecule has 0 spiro atoms. The Kier molecular flexibility index (Phi) is 6.20. The van der Waals surface area contributed by atoms with Gasteiger partial charge in [-0.2, -0.15) is 0 Å². The van der Waals surface area contributed by atoms with E-state index in [1.807, 2.05) is 13.0 Å². The van der Waals surface area contributed by atoms with Crippen LogP contribution in [-0.2, 0) is 14.8 Å². The van der Waals surface area contributed by atoms with E-state index < -0.39 is 21.2 Å². The van der Waals surface area contributed by atoms with Crippen molar-refractivity contribution in [3.05, 3.63) is 54.6 Å². The fraction of sp³-hybridized carbons (Fsp3) is 0.167. The quantitative estimate of drug-likeness (QED) is 0.420. The maximum atomic E-state index is 12.7. The van der Waals surface area contributed by atoms with Crippen LogP contribution >= 0.6 is 11.8 Å². The summed E-state index contributed by atoms with van der Waals surface area (Å²) in [6.07, 6.45) is 0.436. The minimum Gasteiger partial charge on any atom is -0.538 e. The molecule has 29 heavy (non-hydrogen) atoms. The van der Waals surface area contributed by atoms with Gasteiger partial charge in [-0.1, -0.05) is 25.1 Å². The number of nitrogens with one attached hydrogen (secondary N) is 1. The van der Waals surface area contributed by atoms with Gasteiger partial charge in [-0.3, -0.25) is 4.79 Å². The summed E-state index contributed by atoms with van der Waals surface area (Å²) in [5.74, 6) is -0.983. The molecule has 0 aliphatic rings. The zero-order chi connectivity index (χ0) is 21.0. The molecule has 2 aromatic carbocycles. The van der Waals surface area contributed by atoms with Crippen molar-refractivity contribution in [2.75, 3.05) is 5.32 Å². The largest absolute Gasteiger partial charge is 0.538 e. The average Bonchev–Trinajstić information content (AvgIpc) is 3.06. The number of carbonyl (C=O) groups excluding carboxylic acids is 1. The van der Waals surface area contributed by atoms with E-state index in [0.717, 1.165) is 11.8 Å². The first-order valence-corrected chi connectivity index (χ1v) is 11.0. The Morgan fingerprint density at radius 2 is 1.90 bits per heavy atom. The molecule has 152 valence electrons. The van der Waals surface area contributed by atoms with Crippen molar-refractivity contribution in [1.29, 1.82) is 0 Å². The number of nitrogens with two attached hydrogens (primary N) is 1. The number of thioether (sulfide) groups is 1. The molecule has 0 aliphatic carbocycles. The molecule has 0 fully saturated rings. The van der Waals surface area contributed by atoms with Crippen molar-refractivity contribution in [2.45, 2.75) is 28.5 Å². The minimum absolute atomic E-state index is 0.0544.